The highest BCUT2D eigenvalue weighted by Gasteiger charge is 2.22. The van der Waals surface area contributed by atoms with Crippen LogP contribution in [-0.4, -0.2) is 36.6 Å². The first-order valence-electron chi connectivity index (χ1n) is 7.66. The summed E-state index contributed by atoms with van der Waals surface area (Å²) in [6, 6.07) is 0.278. The number of carbonyl (C=O) groups excluding carboxylic acids is 1. The average Bonchev–Trinajstić information content (AvgIpc) is 2.86. The van der Waals surface area contributed by atoms with Crippen LogP contribution in [0, 0.1) is 0 Å². The standard InChI is InChI=1S/C14H25N5OS/c1-2-3-4-7-17-13(20)11-12(16)18-14(21-11)19-8-5-10(15)6-9-19/h10H,2-9,15-16H2,1H3,(H,17,20). The third-order valence-corrected chi connectivity index (χ3v) is 4.86. The molecular weight excluding hydrogens is 286 g/mol. The van der Waals surface area contributed by atoms with Crippen LogP contribution in [0.3, 0.4) is 0 Å². The Morgan fingerprint density at radius 2 is 2.14 bits per heavy atom. The molecule has 0 aliphatic carbocycles. The van der Waals surface area contributed by atoms with Gasteiger partial charge in [0.25, 0.3) is 5.91 Å². The third kappa shape index (κ3) is 4.31. The van der Waals surface area contributed by atoms with Gasteiger partial charge in [-0.1, -0.05) is 31.1 Å². The predicted molar refractivity (Wildman–Crippen MR) is 87.8 cm³/mol. The van der Waals surface area contributed by atoms with E-state index in [1.807, 2.05) is 0 Å². The van der Waals surface area contributed by atoms with E-state index in [9.17, 15) is 4.79 Å². The van der Waals surface area contributed by atoms with Crippen LogP contribution in [0.1, 0.15) is 48.7 Å². The van der Waals surface area contributed by atoms with Gasteiger partial charge in [-0.3, -0.25) is 4.79 Å². The molecule has 0 unspecified atom stereocenters. The highest BCUT2D eigenvalue weighted by atomic mass is 32.1. The van der Waals surface area contributed by atoms with E-state index >= 15 is 0 Å². The Hall–Kier alpha value is -1.34. The van der Waals surface area contributed by atoms with Gasteiger partial charge in [0.2, 0.25) is 0 Å². The number of hydrogen-bond acceptors (Lipinski definition) is 6. The van der Waals surface area contributed by atoms with E-state index < -0.39 is 0 Å². The molecule has 0 bridgehead atoms. The van der Waals surface area contributed by atoms with Crippen LogP contribution in [-0.2, 0) is 0 Å². The van der Waals surface area contributed by atoms with E-state index in [1.54, 1.807) is 0 Å². The van der Waals surface area contributed by atoms with Crippen molar-refractivity contribution in [3.63, 3.8) is 0 Å². The lowest BCUT2D eigenvalue weighted by atomic mass is 10.1. The normalized spacial score (nSPS) is 16.2. The molecular formula is C14H25N5OS. The van der Waals surface area contributed by atoms with Crippen molar-refractivity contribution in [2.75, 3.05) is 30.3 Å². The summed E-state index contributed by atoms with van der Waals surface area (Å²) in [6.07, 6.45) is 5.17. The molecule has 21 heavy (non-hydrogen) atoms. The Kier molecular flexibility index (Phi) is 5.81. The van der Waals surface area contributed by atoms with Gasteiger partial charge in [-0.25, -0.2) is 4.98 Å². The number of aromatic nitrogens is 1. The van der Waals surface area contributed by atoms with Crippen LogP contribution in [0.15, 0.2) is 0 Å². The van der Waals surface area contributed by atoms with Crippen LogP contribution in [0.25, 0.3) is 0 Å². The molecule has 0 aromatic carbocycles. The Bertz CT molecular complexity index is 468. The van der Waals surface area contributed by atoms with E-state index in [0.29, 0.717) is 17.2 Å². The molecule has 1 aliphatic heterocycles. The maximum atomic E-state index is 12.1. The van der Waals surface area contributed by atoms with E-state index in [1.165, 1.54) is 11.3 Å². The SMILES string of the molecule is CCCCCNC(=O)c1sc(N2CCC(N)CC2)nc1N. The Morgan fingerprint density at radius 3 is 2.81 bits per heavy atom. The molecule has 7 heteroatoms. The first-order chi connectivity index (χ1) is 10.1. The fourth-order valence-corrected chi connectivity index (χ4v) is 3.32. The summed E-state index contributed by atoms with van der Waals surface area (Å²) in [7, 11) is 0. The van der Waals surface area contributed by atoms with Gasteiger partial charge < -0.3 is 21.7 Å². The molecule has 1 aromatic rings. The van der Waals surface area contributed by atoms with E-state index in [4.69, 9.17) is 11.5 Å². The smallest absolute Gasteiger partial charge is 0.265 e. The van der Waals surface area contributed by atoms with Crippen molar-refractivity contribution in [3.8, 4) is 0 Å². The van der Waals surface area contributed by atoms with Gasteiger partial charge in [0.1, 0.15) is 10.7 Å². The topological polar surface area (TPSA) is 97.3 Å². The second-order valence-corrected chi connectivity index (χ2v) is 6.48. The minimum absolute atomic E-state index is 0.110. The Balaban J connectivity index is 1.93. The van der Waals surface area contributed by atoms with Crippen molar-refractivity contribution in [3.05, 3.63) is 4.88 Å². The minimum atomic E-state index is -0.110. The molecule has 0 saturated carbocycles. The number of nitrogens with one attached hydrogen (secondary N) is 1. The molecule has 1 saturated heterocycles. The first kappa shape index (κ1) is 16.0. The molecule has 1 fully saturated rings. The second kappa shape index (κ2) is 7.61. The molecule has 6 nitrogen and oxygen atoms in total. The summed E-state index contributed by atoms with van der Waals surface area (Å²) in [5.74, 6) is 0.221. The maximum Gasteiger partial charge on any atom is 0.265 e. The summed E-state index contributed by atoms with van der Waals surface area (Å²) in [5, 5.41) is 3.74. The number of nitrogen functional groups attached to an aromatic ring is 1. The predicted octanol–water partition coefficient (Wildman–Crippen LogP) is 1.57. The van der Waals surface area contributed by atoms with Crippen molar-refractivity contribution < 1.29 is 4.79 Å². The zero-order valence-corrected chi connectivity index (χ0v) is 13.4. The number of rotatable bonds is 6. The Morgan fingerprint density at radius 1 is 1.43 bits per heavy atom. The number of thiazole rings is 1. The van der Waals surface area contributed by atoms with Gasteiger partial charge in [0.05, 0.1) is 0 Å². The Labute approximate surface area is 129 Å². The highest BCUT2D eigenvalue weighted by molar-refractivity contribution is 7.18. The average molecular weight is 311 g/mol. The lowest BCUT2D eigenvalue weighted by Crippen LogP contribution is -2.39. The van der Waals surface area contributed by atoms with Crippen molar-refractivity contribution >= 4 is 28.2 Å². The number of anilines is 2. The fourth-order valence-electron chi connectivity index (χ4n) is 2.37. The largest absolute Gasteiger partial charge is 0.382 e. The van der Waals surface area contributed by atoms with Crippen molar-refractivity contribution in [1.29, 1.82) is 0 Å². The summed E-state index contributed by atoms with van der Waals surface area (Å²) in [4.78, 5) is 19.2. The maximum absolute atomic E-state index is 12.1. The zero-order chi connectivity index (χ0) is 15.2. The van der Waals surface area contributed by atoms with Gasteiger partial charge >= 0.3 is 0 Å². The van der Waals surface area contributed by atoms with Gasteiger partial charge in [-0.2, -0.15) is 0 Å². The number of unbranched alkanes of at least 4 members (excludes halogenated alkanes) is 2. The van der Waals surface area contributed by atoms with E-state index in [-0.39, 0.29) is 11.9 Å². The number of piperidine rings is 1. The van der Waals surface area contributed by atoms with Gasteiger partial charge in [0, 0.05) is 25.7 Å². The molecule has 5 N–H and O–H groups in total. The van der Waals surface area contributed by atoms with Crippen molar-refractivity contribution in [2.24, 2.45) is 5.73 Å². The number of carbonyl (C=O) groups is 1. The molecule has 1 aliphatic rings. The quantitative estimate of drug-likeness (QED) is 0.693. The fraction of sp³-hybridized carbons (Fsp3) is 0.714. The molecule has 1 aromatic heterocycles. The molecule has 2 heterocycles. The highest BCUT2D eigenvalue weighted by Crippen LogP contribution is 2.29. The van der Waals surface area contributed by atoms with Crippen LogP contribution in [0.5, 0.6) is 0 Å². The molecule has 0 spiro atoms. The molecule has 0 atom stereocenters. The second-order valence-electron chi connectivity index (χ2n) is 5.50. The zero-order valence-electron chi connectivity index (χ0n) is 12.6. The van der Waals surface area contributed by atoms with Gasteiger partial charge in [0.15, 0.2) is 5.13 Å². The number of hydrogen-bond donors (Lipinski definition) is 3. The lowest BCUT2D eigenvalue weighted by molar-refractivity contribution is 0.0957. The summed E-state index contributed by atoms with van der Waals surface area (Å²) in [6.45, 7) is 4.59. The van der Waals surface area contributed by atoms with E-state index in [0.717, 1.165) is 50.3 Å². The number of nitrogens with zero attached hydrogens (tertiary/aromatic N) is 2. The van der Waals surface area contributed by atoms with Crippen LogP contribution >= 0.6 is 11.3 Å². The monoisotopic (exact) mass is 311 g/mol. The lowest BCUT2D eigenvalue weighted by Gasteiger charge is -2.29. The molecule has 0 radical (unpaired) electrons. The van der Waals surface area contributed by atoms with Crippen molar-refractivity contribution in [2.45, 2.75) is 45.1 Å². The van der Waals surface area contributed by atoms with E-state index in [2.05, 4.69) is 22.1 Å². The first-order valence-corrected chi connectivity index (χ1v) is 8.48. The molecule has 118 valence electrons. The number of amides is 1. The minimum Gasteiger partial charge on any atom is -0.382 e. The summed E-state index contributed by atoms with van der Waals surface area (Å²) < 4.78 is 0. The van der Waals surface area contributed by atoms with Gasteiger partial charge in [-0.05, 0) is 19.3 Å². The molecule has 2 rings (SSSR count). The van der Waals surface area contributed by atoms with Crippen LogP contribution in [0.2, 0.25) is 0 Å². The summed E-state index contributed by atoms with van der Waals surface area (Å²) in [5.41, 5.74) is 11.8. The third-order valence-electron chi connectivity index (χ3n) is 3.72. The van der Waals surface area contributed by atoms with Gasteiger partial charge in [-0.15, -0.1) is 0 Å². The van der Waals surface area contributed by atoms with Crippen molar-refractivity contribution in [1.82, 2.24) is 10.3 Å². The number of nitrogens with two attached hydrogens (primary N) is 2. The van der Waals surface area contributed by atoms with Crippen LogP contribution < -0.4 is 21.7 Å². The molecule has 1 amide bonds. The van der Waals surface area contributed by atoms with Crippen LogP contribution in [0.4, 0.5) is 10.9 Å². The summed E-state index contributed by atoms with van der Waals surface area (Å²) >= 11 is 1.38.